The standard InChI is InChI=1S/C16H16N2O5/c1-10-14(5-4-6-15(10)18(20)21)16(19)17-11-7-12(22-2)9-13(8-11)23-3/h4-9H,1-3H3,(H,17,19). The van der Waals surface area contributed by atoms with Crippen molar-refractivity contribution < 1.29 is 19.2 Å². The summed E-state index contributed by atoms with van der Waals surface area (Å²) in [5.74, 6) is 0.604. The Morgan fingerprint density at radius 3 is 2.26 bits per heavy atom. The highest BCUT2D eigenvalue weighted by Gasteiger charge is 2.18. The molecular formula is C16H16N2O5. The number of rotatable bonds is 5. The van der Waals surface area contributed by atoms with E-state index in [0.717, 1.165) is 0 Å². The number of benzene rings is 2. The van der Waals surface area contributed by atoms with Crippen LogP contribution >= 0.6 is 0 Å². The van der Waals surface area contributed by atoms with Gasteiger partial charge >= 0.3 is 0 Å². The molecule has 0 aliphatic rings. The molecule has 2 aromatic rings. The van der Waals surface area contributed by atoms with E-state index in [1.165, 1.54) is 32.4 Å². The highest BCUT2D eigenvalue weighted by atomic mass is 16.6. The number of carbonyl (C=O) groups is 1. The number of anilines is 1. The number of ether oxygens (including phenoxy) is 2. The molecule has 0 atom stereocenters. The van der Waals surface area contributed by atoms with E-state index >= 15 is 0 Å². The lowest BCUT2D eigenvalue weighted by atomic mass is 10.1. The van der Waals surface area contributed by atoms with Crippen molar-refractivity contribution in [3.05, 3.63) is 57.6 Å². The zero-order valence-electron chi connectivity index (χ0n) is 13.0. The van der Waals surface area contributed by atoms with Crippen LogP contribution in [0.15, 0.2) is 36.4 Å². The van der Waals surface area contributed by atoms with Crippen LogP contribution in [-0.2, 0) is 0 Å². The maximum Gasteiger partial charge on any atom is 0.273 e. The van der Waals surface area contributed by atoms with E-state index in [0.29, 0.717) is 22.7 Å². The average Bonchev–Trinajstić information content (AvgIpc) is 2.54. The van der Waals surface area contributed by atoms with Crippen molar-refractivity contribution in [2.45, 2.75) is 6.92 Å². The van der Waals surface area contributed by atoms with Gasteiger partial charge in [-0.2, -0.15) is 0 Å². The predicted octanol–water partition coefficient (Wildman–Crippen LogP) is 3.17. The fourth-order valence-electron chi connectivity index (χ4n) is 2.15. The molecule has 23 heavy (non-hydrogen) atoms. The molecule has 1 amide bonds. The molecule has 0 heterocycles. The minimum Gasteiger partial charge on any atom is -0.497 e. The normalized spacial score (nSPS) is 10.0. The Morgan fingerprint density at radius 2 is 1.74 bits per heavy atom. The van der Waals surface area contributed by atoms with Gasteiger partial charge in [-0.05, 0) is 13.0 Å². The molecule has 0 saturated carbocycles. The summed E-state index contributed by atoms with van der Waals surface area (Å²) in [7, 11) is 3.01. The van der Waals surface area contributed by atoms with E-state index in [4.69, 9.17) is 9.47 Å². The van der Waals surface area contributed by atoms with Crippen LogP contribution in [0.5, 0.6) is 11.5 Å². The topological polar surface area (TPSA) is 90.7 Å². The molecule has 0 saturated heterocycles. The van der Waals surface area contributed by atoms with Crippen LogP contribution in [0.25, 0.3) is 0 Å². The molecule has 120 valence electrons. The molecule has 0 unspecified atom stereocenters. The van der Waals surface area contributed by atoms with E-state index < -0.39 is 10.8 Å². The molecular weight excluding hydrogens is 300 g/mol. The van der Waals surface area contributed by atoms with E-state index in [1.807, 2.05) is 0 Å². The van der Waals surface area contributed by atoms with Crippen LogP contribution in [-0.4, -0.2) is 25.1 Å². The van der Waals surface area contributed by atoms with Gasteiger partial charge in [0.25, 0.3) is 11.6 Å². The third kappa shape index (κ3) is 3.57. The second-order valence-electron chi connectivity index (χ2n) is 4.76. The minimum atomic E-state index is -0.513. The Bertz CT molecular complexity index is 736. The lowest BCUT2D eigenvalue weighted by Gasteiger charge is -2.11. The number of nitrogens with zero attached hydrogens (tertiary/aromatic N) is 1. The Balaban J connectivity index is 2.33. The number of nitro benzene ring substituents is 1. The third-order valence-corrected chi connectivity index (χ3v) is 3.36. The molecule has 0 aliphatic carbocycles. The van der Waals surface area contributed by atoms with E-state index in [9.17, 15) is 14.9 Å². The number of nitro groups is 1. The predicted molar refractivity (Wildman–Crippen MR) is 85.3 cm³/mol. The molecule has 0 fully saturated rings. The first kappa shape index (κ1) is 16.3. The summed E-state index contributed by atoms with van der Waals surface area (Å²) in [5.41, 5.74) is 0.920. The zero-order chi connectivity index (χ0) is 17.0. The van der Waals surface area contributed by atoms with Gasteiger partial charge in [0.15, 0.2) is 0 Å². The smallest absolute Gasteiger partial charge is 0.273 e. The van der Waals surface area contributed by atoms with Crippen molar-refractivity contribution in [1.82, 2.24) is 0 Å². The number of amides is 1. The van der Waals surface area contributed by atoms with Gasteiger partial charge in [-0.15, -0.1) is 0 Å². The van der Waals surface area contributed by atoms with Gasteiger partial charge < -0.3 is 14.8 Å². The molecule has 0 radical (unpaired) electrons. The minimum absolute atomic E-state index is 0.0964. The van der Waals surface area contributed by atoms with Crippen molar-refractivity contribution in [3.63, 3.8) is 0 Å². The summed E-state index contributed by atoms with van der Waals surface area (Å²) in [4.78, 5) is 22.8. The first-order chi connectivity index (χ1) is 11.0. The van der Waals surface area contributed by atoms with Crippen molar-refractivity contribution in [2.75, 3.05) is 19.5 Å². The SMILES string of the molecule is COc1cc(NC(=O)c2cccc([N+](=O)[O-])c2C)cc(OC)c1. The van der Waals surface area contributed by atoms with Crippen molar-refractivity contribution >= 4 is 17.3 Å². The van der Waals surface area contributed by atoms with E-state index in [1.54, 1.807) is 25.1 Å². The molecule has 1 N–H and O–H groups in total. The fourth-order valence-corrected chi connectivity index (χ4v) is 2.15. The number of hydrogen-bond acceptors (Lipinski definition) is 5. The Labute approximate surface area is 133 Å². The molecule has 0 aliphatic heterocycles. The summed E-state index contributed by atoms with van der Waals surface area (Å²) in [6.45, 7) is 1.54. The first-order valence-corrected chi connectivity index (χ1v) is 6.74. The molecule has 0 spiro atoms. The van der Waals surface area contributed by atoms with Crippen LogP contribution in [0.1, 0.15) is 15.9 Å². The van der Waals surface area contributed by atoms with Gasteiger partial charge in [-0.3, -0.25) is 14.9 Å². The van der Waals surface area contributed by atoms with Crippen LogP contribution in [0.3, 0.4) is 0 Å². The molecule has 2 rings (SSSR count). The second kappa shape index (κ2) is 6.78. The third-order valence-electron chi connectivity index (χ3n) is 3.36. The molecule has 2 aromatic carbocycles. The Hall–Kier alpha value is -3.09. The summed E-state index contributed by atoms with van der Waals surface area (Å²) < 4.78 is 10.3. The summed E-state index contributed by atoms with van der Waals surface area (Å²) in [5, 5.41) is 13.7. The molecule has 7 nitrogen and oxygen atoms in total. The maximum atomic E-state index is 12.4. The van der Waals surface area contributed by atoms with E-state index in [-0.39, 0.29) is 11.3 Å². The molecule has 7 heteroatoms. The highest BCUT2D eigenvalue weighted by molar-refractivity contribution is 6.06. The van der Waals surface area contributed by atoms with Gasteiger partial charge in [-0.1, -0.05) is 6.07 Å². The highest BCUT2D eigenvalue weighted by Crippen LogP contribution is 2.27. The first-order valence-electron chi connectivity index (χ1n) is 6.74. The number of carbonyl (C=O) groups excluding carboxylic acids is 1. The molecule has 0 bridgehead atoms. The maximum absolute atomic E-state index is 12.4. The summed E-state index contributed by atoms with van der Waals surface area (Å²) >= 11 is 0. The summed E-state index contributed by atoms with van der Waals surface area (Å²) in [6, 6.07) is 9.32. The number of hydrogen-bond donors (Lipinski definition) is 1. The number of methoxy groups -OCH3 is 2. The Kier molecular flexibility index (Phi) is 4.80. The average molecular weight is 316 g/mol. The van der Waals surface area contributed by atoms with Crippen LogP contribution in [0.4, 0.5) is 11.4 Å². The van der Waals surface area contributed by atoms with Crippen LogP contribution in [0, 0.1) is 17.0 Å². The van der Waals surface area contributed by atoms with E-state index in [2.05, 4.69) is 5.32 Å². The van der Waals surface area contributed by atoms with Crippen LogP contribution in [0.2, 0.25) is 0 Å². The zero-order valence-corrected chi connectivity index (χ0v) is 13.0. The van der Waals surface area contributed by atoms with Crippen molar-refractivity contribution in [3.8, 4) is 11.5 Å². The largest absolute Gasteiger partial charge is 0.497 e. The van der Waals surface area contributed by atoms with Crippen molar-refractivity contribution in [2.24, 2.45) is 0 Å². The second-order valence-corrected chi connectivity index (χ2v) is 4.76. The van der Waals surface area contributed by atoms with Crippen LogP contribution < -0.4 is 14.8 Å². The summed E-state index contributed by atoms with van der Waals surface area (Å²) in [6.07, 6.45) is 0. The van der Waals surface area contributed by atoms with Crippen molar-refractivity contribution in [1.29, 1.82) is 0 Å². The Morgan fingerprint density at radius 1 is 1.13 bits per heavy atom. The van der Waals surface area contributed by atoms with Gasteiger partial charge in [-0.25, -0.2) is 0 Å². The monoisotopic (exact) mass is 316 g/mol. The lowest BCUT2D eigenvalue weighted by molar-refractivity contribution is -0.385. The van der Waals surface area contributed by atoms with Gasteiger partial charge in [0.2, 0.25) is 0 Å². The van der Waals surface area contributed by atoms with Gasteiger partial charge in [0, 0.05) is 41.1 Å². The molecule has 0 aromatic heterocycles. The quantitative estimate of drug-likeness (QED) is 0.676. The van der Waals surface area contributed by atoms with Gasteiger partial charge in [0.05, 0.1) is 19.1 Å². The fraction of sp³-hybridized carbons (Fsp3) is 0.188. The number of nitrogens with one attached hydrogen (secondary N) is 1. The lowest BCUT2D eigenvalue weighted by Crippen LogP contribution is -2.14. The van der Waals surface area contributed by atoms with Gasteiger partial charge in [0.1, 0.15) is 11.5 Å².